The summed E-state index contributed by atoms with van der Waals surface area (Å²) in [5, 5.41) is 13.9. The molecule has 2 aromatic heterocycles. The summed E-state index contributed by atoms with van der Waals surface area (Å²) in [6.07, 6.45) is 5.26. The van der Waals surface area contributed by atoms with Crippen molar-refractivity contribution in [2.24, 2.45) is 0 Å². The first-order valence-corrected chi connectivity index (χ1v) is 11.4. The number of nitrogens with zero attached hydrogens (tertiary/aromatic N) is 6. The zero-order chi connectivity index (χ0) is 23.5. The van der Waals surface area contributed by atoms with Crippen LogP contribution in [0.15, 0.2) is 67.1 Å². The van der Waals surface area contributed by atoms with E-state index in [1.807, 2.05) is 29.1 Å². The maximum Gasteiger partial charge on any atom is 0.155 e. The molecule has 1 aliphatic rings. The van der Waals surface area contributed by atoms with E-state index < -0.39 is 5.82 Å². The fourth-order valence-corrected chi connectivity index (χ4v) is 4.38. The van der Waals surface area contributed by atoms with E-state index in [2.05, 4.69) is 43.9 Å². The topological polar surface area (TPSA) is 70.3 Å². The molecular formula is C26H28ClFN6O. The number of halogens is 2. The van der Waals surface area contributed by atoms with Gasteiger partial charge in [0.25, 0.3) is 0 Å². The van der Waals surface area contributed by atoms with Gasteiger partial charge in [0.15, 0.2) is 5.82 Å². The lowest BCUT2D eigenvalue weighted by Crippen LogP contribution is -2.46. The van der Waals surface area contributed by atoms with Crippen LogP contribution in [-0.4, -0.2) is 55.9 Å². The predicted molar refractivity (Wildman–Crippen MR) is 136 cm³/mol. The van der Waals surface area contributed by atoms with Gasteiger partial charge in [-0.25, -0.2) is 14.1 Å². The SMILES string of the molecule is Cc1c(CN2CCN(c3nccnc3-c3ccc(CO)c(F)c3)CC2)cnn1-c1ccccc1.Cl. The van der Waals surface area contributed by atoms with E-state index >= 15 is 0 Å². The van der Waals surface area contributed by atoms with Gasteiger partial charge in [-0.2, -0.15) is 5.10 Å². The van der Waals surface area contributed by atoms with Gasteiger partial charge in [-0.3, -0.25) is 9.88 Å². The van der Waals surface area contributed by atoms with Gasteiger partial charge >= 0.3 is 0 Å². The molecule has 1 aliphatic heterocycles. The monoisotopic (exact) mass is 494 g/mol. The molecule has 0 aliphatic carbocycles. The van der Waals surface area contributed by atoms with Crippen LogP contribution in [0.5, 0.6) is 0 Å². The lowest BCUT2D eigenvalue weighted by atomic mass is 10.1. The molecule has 2 aromatic carbocycles. The van der Waals surface area contributed by atoms with Crippen molar-refractivity contribution < 1.29 is 9.50 Å². The molecule has 0 amide bonds. The molecule has 4 aromatic rings. The molecule has 0 spiro atoms. The molecule has 9 heteroatoms. The Kier molecular flexibility index (Phi) is 7.75. The van der Waals surface area contributed by atoms with Crippen molar-refractivity contribution >= 4 is 18.2 Å². The number of aliphatic hydroxyl groups excluding tert-OH is 1. The average Bonchev–Trinajstić information content (AvgIpc) is 3.24. The molecule has 0 unspecified atom stereocenters. The minimum absolute atomic E-state index is 0. The first-order chi connectivity index (χ1) is 16.6. The van der Waals surface area contributed by atoms with E-state index in [1.165, 1.54) is 11.6 Å². The van der Waals surface area contributed by atoms with Crippen molar-refractivity contribution in [3.63, 3.8) is 0 Å². The molecule has 0 bridgehead atoms. The number of hydrogen-bond acceptors (Lipinski definition) is 6. The summed E-state index contributed by atoms with van der Waals surface area (Å²) >= 11 is 0. The molecule has 182 valence electrons. The van der Waals surface area contributed by atoms with Crippen molar-refractivity contribution in [2.45, 2.75) is 20.1 Å². The van der Waals surface area contributed by atoms with E-state index in [4.69, 9.17) is 0 Å². The van der Waals surface area contributed by atoms with Crippen LogP contribution in [0.25, 0.3) is 16.9 Å². The zero-order valence-electron chi connectivity index (χ0n) is 19.5. The fraction of sp³-hybridized carbons (Fsp3) is 0.269. The van der Waals surface area contributed by atoms with Crippen molar-refractivity contribution in [3.8, 4) is 16.9 Å². The summed E-state index contributed by atoms with van der Waals surface area (Å²) in [5.41, 5.74) is 5.02. The van der Waals surface area contributed by atoms with Gasteiger partial charge < -0.3 is 10.0 Å². The van der Waals surface area contributed by atoms with Crippen LogP contribution in [0, 0.1) is 12.7 Å². The summed E-state index contributed by atoms with van der Waals surface area (Å²) in [5.74, 6) is 0.319. The highest BCUT2D eigenvalue weighted by Gasteiger charge is 2.23. The molecule has 0 saturated carbocycles. The second-order valence-corrected chi connectivity index (χ2v) is 8.46. The number of piperazine rings is 1. The van der Waals surface area contributed by atoms with Gasteiger partial charge in [0.2, 0.25) is 0 Å². The fourth-order valence-electron chi connectivity index (χ4n) is 4.38. The smallest absolute Gasteiger partial charge is 0.155 e. The Hall–Kier alpha value is -3.33. The maximum absolute atomic E-state index is 14.3. The minimum atomic E-state index is -0.437. The van der Waals surface area contributed by atoms with Gasteiger partial charge in [0.05, 0.1) is 18.5 Å². The Morgan fingerprint density at radius 1 is 0.943 bits per heavy atom. The first kappa shape index (κ1) is 24.8. The summed E-state index contributed by atoms with van der Waals surface area (Å²) in [7, 11) is 0. The molecule has 0 atom stereocenters. The second-order valence-electron chi connectivity index (χ2n) is 8.46. The normalized spacial score (nSPS) is 14.1. The van der Waals surface area contributed by atoms with Gasteiger partial charge in [0, 0.05) is 67.5 Å². The first-order valence-electron chi connectivity index (χ1n) is 11.4. The quantitative estimate of drug-likeness (QED) is 0.436. The summed E-state index contributed by atoms with van der Waals surface area (Å²) in [6.45, 7) is 5.98. The average molecular weight is 495 g/mol. The molecule has 1 saturated heterocycles. The highest BCUT2D eigenvalue weighted by molar-refractivity contribution is 5.85. The van der Waals surface area contributed by atoms with Crippen LogP contribution in [0.3, 0.4) is 0 Å². The Morgan fingerprint density at radius 2 is 1.69 bits per heavy atom. The zero-order valence-corrected chi connectivity index (χ0v) is 20.3. The van der Waals surface area contributed by atoms with Crippen molar-refractivity contribution in [1.29, 1.82) is 0 Å². The lowest BCUT2D eigenvalue weighted by Gasteiger charge is -2.35. The Morgan fingerprint density at radius 3 is 2.40 bits per heavy atom. The van der Waals surface area contributed by atoms with Crippen LogP contribution >= 0.6 is 12.4 Å². The van der Waals surface area contributed by atoms with E-state index in [-0.39, 0.29) is 24.6 Å². The molecule has 0 radical (unpaired) electrons. The third-order valence-corrected chi connectivity index (χ3v) is 6.35. The largest absolute Gasteiger partial charge is 0.392 e. The predicted octanol–water partition coefficient (Wildman–Crippen LogP) is 4.01. The second kappa shape index (κ2) is 10.9. The number of benzene rings is 2. The van der Waals surface area contributed by atoms with E-state index in [0.29, 0.717) is 11.3 Å². The third kappa shape index (κ3) is 5.19. The van der Waals surface area contributed by atoms with Crippen molar-refractivity contribution in [3.05, 3.63) is 89.8 Å². The van der Waals surface area contributed by atoms with E-state index in [1.54, 1.807) is 24.5 Å². The van der Waals surface area contributed by atoms with Crippen LogP contribution in [-0.2, 0) is 13.2 Å². The van der Waals surface area contributed by atoms with Gasteiger partial charge in [-0.15, -0.1) is 12.4 Å². The standard InChI is InChI=1S/C26H27FN6O.ClH/c1-19-22(16-30-33(19)23-5-3-2-4-6-23)17-31-11-13-32(14-12-31)26-25(28-9-10-29-26)20-7-8-21(18-34)24(27)15-20;/h2-10,15-16,34H,11-14,17-18H2,1H3;1H. The minimum Gasteiger partial charge on any atom is -0.392 e. The Labute approximate surface area is 210 Å². The Bertz CT molecular complexity index is 1270. The molecule has 5 rings (SSSR count). The summed E-state index contributed by atoms with van der Waals surface area (Å²) < 4.78 is 16.3. The number of hydrogen-bond donors (Lipinski definition) is 1. The highest BCUT2D eigenvalue weighted by atomic mass is 35.5. The van der Waals surface area contributed by atoms with E-state index in [0.717, 1.165) is 49.9 Å². The lowest BCUT2D eigenvalue weighted by molar-refractivity contribution is 0.249. The highest BCUT2D eigenvalue weighted by Crippen LogP contribution is 2.29. The number of rotatable bonds is 6. The van der Waals surface area contributed by atoms with Crippen LogP contribution in [0.4, 0.5) is 10.2 Å². The van der Waals surface area contributed by atoms with Crippen molar-refractivity contribution in [2.75, 3.05) is 31.1 Å². The van der Waals surface area contributed by atoms with Gasteiger partial charge in [-0.05, 0) is 25.1 Å². The molecule has 35 heavy (non-hydrogen) atoms. The summed E-state index contributed by atoms with van der Waals surface area (Å²) in [4.78, 5) is 13.7. The molecular weight excluding hydrogens is 467 g/mol. The molecule has 3 heterocycles. The third-order valence-electron chi connectivity index (χ3n) is 6.35. The van der Waals surface area contributed by atoms with E-state index in [9.17, 15) is 9.50 Å². The molecule has 1 N–H and O–H groups in total. The number of para-hydroxylation sites is 1. The molecule has 1 fully saturated rings. The number of aromatic nitrogens is 4. The van der Waals surface area contributed by atoms with Crippen LogP contribution in [0.2, 0.25) is 0 Å². The van der Waals surface area contributed by atoms with Gasteiger partial charge in [-0.1, -0.05) is 30.3 Å². The number of anilines is 1. The van der Waals surface area contributed by atoms with Crippen LogP contribution < -0.4 is 4.90 Å². The van der Waals surface area contributed by atoms with Gasteiger partial charge in [0.1, 0.15) is 11.5 Å². The molecule has 7 nitrogen and oxygen atoms in total. The van der Waals surface area contributed by atoms with Crippen LogP contribution in [0.1, 0.15) is 16.8 Å². The Balaban J connectivity index is 0.00000289. The summed E-state index contributed by atoms with van der Waals surface area (Å²) in [6, 6.07) is 15.0. The van der Waals surface area contributed by atoms with Crippen molar-refractivity contribution in [1.82, 2.24) is 24.6 Å². The maximum atomic E-state index is 14.3. The number of aliphatic hydroxyl groups is 1.